The number of aromatic nitrogens is 1. The number of anilines is 2. The molecule has 0 aliphatic carbocycles. The number of H-pyrrole nitrogens is 1. The van der Waals surface area contributed by atoms with Crippen LogP contribution in [0.4, 0.5) is 11.4 Å². The maximum Gasteiger partial charge on any atom is 0.329 e. The van der Waals surface area contributed by atoms with Gasteiger partial charge in [-0.25, -0.2) is 4.79 Å². The van der Waals surface area contributed by atoms with Crippen molar-refractivity contribution in [3.8, 4) is 0 Å². The molecule has 1 aromatic heterocycles. The number of hydrogen-bond acceptors (Lipinski definition) is 26. The summed E-state index contributed by atoms with van der Waals surface area (Å²) in [5.41, 5.74) is 15.7. The van der Waals surface area contributed by atoms with Crippen LogP contribution in [-0.2, 0) is 111 Å². The molecule has 44 nitrogen and oxygen atoms in total. The number of aliphatic carboxylic acids is 3. The van der Waals surface area contributed by atoms with E-state index in [4.69, 9.17) is 16.2 Å². The number of carbonyl (C=O) groups is 19. The van der Waals surface area contributed by atoms with Gasteiger partial charge >= 0.3 is 23.9 Å². The molecule has 2 saturated heterocycles. The van der Waals surface area contributed by atoms with E-state index in [9.17, 15) is 102 Å². The fourth-order valence-electron chi connectivity index (χ4n) is 14.9. The number of piperazine rings is 1. The molecule has 0 unspecified atom stereocenters. The fourth-order valence-corrected chi connectivity index (χ4v) is 14.9. The first-order valence-electron chi connectivity index (χ1n) is 44.4. The van der Waals surface area contributed by atoms with Crippen LogP contribution in [0.25, 0.3) is 10.9 Å². The Morgan fingerprint density at radius 1 is 0.545 bits per heavy atom. The number of aliphatic hydroxyl groups is 2. The molecule has 2 fully saturated rings. The highest BCUT2D eigenvalue weighted by Gasteiger charge is 2.41. The van der Waals surface area contributed by atoms with Gasteiger partial charge in [-0.05, 0) is 99.0 Å². The summed E-state index contributed by atoms with van der Waals surface area (Å²) in [4.78, 5) is 273. The largest absolute Gasteiger partial charge is 0.481 e. The number of hydrogen-bond donors (Lipinski definition) is 22. The molecule has 4 aromatic carbocycles. The predicted octanol–water partition coefficient (Wildman–Crippen LogP) is -2.56. The van der Waals surface area contributed by atoms with Crippen LogP contribution in [-0.4, -0.2) is 279 Å². The Balaban J connectivity index is 1.24. The van der Waals surface area contributed by atoms with Gasteiger partial charge in [-0.15, -0.1) is 0 Å². The molecule has 14 amide bonds. The van der Waals surface area contributed by atoms with Crippen molar-refractivity contribution >= 4 is 135 Å². The summed E-state index contributed by atoms with van der Waals surface area (Å²) in [6, 6.07) is 8.33. The van der Waals surface area contributed by atoms with Gasteiger partial charge in [0.05, 0.1) is 45.4 Å². The minimum atomic E-state index is -2.35. The Kier molecular flexibility index (Phi) is 43.7. The highest BCUT2D eigenvalue weighted by molar-refractivity contribution is 6.05. The summed E-state index contributed by atoms with van der Waals surface area (Å²) in [6.45, 7) is 5.03. The minimum absolute atomic E-state index is 0.0114. The first-order valence-corrected chi connectivity index (χ1v) is 44.4. The first-order chi connectivity index (χ1) is 63.9. The average Bonchev–Trinajstić information content (AvgIpc) is 1.70. The number of para-hydroxylation sites is 2. The number of aromatic amines is 1. The number of ketones is 1. The lowest BCUT2D eigenvalue weighted by Crippen LogP contribution is -2.61. The average molecular weight is 1870 g/mol. The lowest BCUT2D eigenvalue weighted by atomic mass is 9.96. The Morgan fingerprint density at radius 2 is 1.13 bits per heavy atom. The molecule has 2 aliphatic rings. The molecule has 0 radical (unpaired) electrons. The third-order valence-corrected chi connectivity index (χ3v) is 22.3. The van der Waals surface area contributed by atoms with E-state index in [0.717, 1.165) is 96.8 Å². The lowest BCUT2D eigenvalue weighted by molar-refractivity contribution is -0.156. The minimum Gasteiger partial charge on any atom is -0.481 e. The summed E-state index contributed by atoms with van der Waals surface area (Å²) in [5.74, 6) is -26.8. The van der Waals surface area contributed by atoms with Crippen molar-refractivity contribution in [3.63, 3.8) is 0 Å². The molecular formula is C90H123N19O25. The molecule has 44 heteroatoms. The van der Waals surface area contributed by atoms with E-state index in [2.05, 4.69) is 97.6 Å². The van der Waals surface area contributed by atoms with Crippen molar-refractivity contribution in [1.29, 1.82) is 0 Å². The van der Waals surface area contributed by atoms with Gasteiger partial charge in [-0.2, -0.15) is 0 Å². The van der Waals surface area contributed by atoms with E-state index >= 15 is 14.4 Å². The van der Waals surface area contributed by atoms with Crippen LogP contribution in [0.5, 0.6) is 0 Å². The molecule has 13 atom stereocenters. The fraction of sp³-hybridized carbons (Fsp3) is 0.500. The number of cyclic esters (lactones) is 1. The number of rotatable bonds is 41. The van der Waals surface area contributed by atoms with Gasteiger partial charge in [-0.3, -0.25) is 91.2 Å². The van der Waals surface area contributed by atoms with Gasteiger partial charge in [0.15, 0.2) is 5.78 Å². The zero-order valence-electron chi connectivity index (χ0n) is 75.1. The molecular weight excluding hydrogens is 1750 g/mol. The summed E-state index contributed by atoms with van der Waals surface area (Å²) >= 11 is 0. The number of aliphatic hydroxyl groups excluding tert-OH is 2. The van der Waals surface area contributed by atoms with Gasteiger partial charge in [-0.1, -0.05) is 125 Å². The molecule has 0 saturated carbocycles. The third-order valence-electron chi connectivity index (χ3n) is 22.3. The quantitative estimate of drug-likeness (QED) is 0.00828. The van der Waals surface area contributed by atoms with E-state index in [1.54, 1.807) is 30.5 Å². The second-order valence-electron chi connectivity index (χ2n) is 33.0. The number of fused-ring (bicyclic) bond motifs is 1. The van der Waals surface area contributed by atoms with Crippen molar-refractivity contribution in [2.75, 3.05) is 69.7 Å². The molecule has 0 spiro atoms. The zero-order chi connectivity index (χ0) is 98.1. The van der Waals surface area contributed by atoms with Crippen LogP contribution in [0.15, 0.2) is 109 Å². The van der Waals surface area contributed by atoms with Crippen molar-refractivity contribution < 1.29 is 121 Å². The Morgan fingerprint density at radius 3 is 1.77 bits per heavy atom. The number of nitrogens with one attached hydrogen (secondary N) is 15. The summed E-state index contributed by atoms with van der Waals surface area (Å²) in [5, 5.41) is 84.3. The van der Waals surface area contributed by atoms with Gasteiger partial charge in [0.25, 0.3) is 0 Å². The second kappa shape index (κ2) is 54.7. The maximum absolute atomic E-state index is 15.1. The molecule has 2 aliphatic heterocycles. The highest BCUT2D eigenvalue weighted by Crippen LogP contribution is 2.24. The number of nitrogens with zero attached hydrogens (tertiary/aromatic N) is 2. The molecule has 134 heavy (non-hydrogen) atoms. The molecule has 24 N–H and O–H groups in total. The number of ether oxygens (including phenoxy) is 1. The normalized spacial score (nSPS) is 20.7. The number of Topliss-reactive ketones (excluding diaryl/α,β-unsaturated/α-hetero) is 1. The van der Waals surface area contributed by atoms with Crippen LogP contribution >= 0.6 is 0 Å². The summed E-state index contributed by atoms with van der Waals surface area (Å²) in [7, 11) is 0. The number of primary amides is 1. The van der Waals surface area contributed by atoms with Gasteiger partial charge in [0, 0.05) is 99.2 Å². The highest BCUT2D eigenvalue weighted by atomic mass is 16.5. The molecule has 3 heterocycles. The van der Waals surface area contributed by atoms with Crippen molar-refractivity contribution in [1.82, 2.24) is 84.3 Å². The van der Waals surface area contributed by atoms with Gasteiger partial charge < -0.3 is 126 Å². The summed E-state index contributed by atoms with van der Waals surface area (Å²) < 4.78 is 5.83. The monoisotopic (exact) mass is 1870 g/mol. The van der Waals surface area contributed by atoms with Crippen LogP contribution in [0.2, 0.25) is 0 Å². The number of carbonyl (C=O) groups excluding carboxylic acids is 16. The van der Waals surface area contributed by atoms with Crippen LogP contribution in [0.3, 0.4) is 0 Å². The number of carboxylic acids is 3. The van der Waals surface area contributed by atoms with E-state index in [0.29, 0.717) is 29.3 Å². The zero-order valence-corrected chi connectivity index (χ0v) is 75.1. The van der Waals surface area contributed by atoms with E-state index in [-0.39, 0.29) is 50.0 Å². The summed E-state index contributed by atoms with van der Waals surface area (Å²) in [6.07, 6.45) is -1.04. The predicted molar refractivity (Wildman–Crippen MR) is 483 cm³/mol. The van der Waals surface area contributed by atoms with Crippen molar-refractivity contribution in [3.05, 3.63) is 132 Å². The molecule has 7 rings (SSSR count). The Bertz CT molecular complexity index is 4920. The van der Waals surface area contributed by atoms with Crippen molar-refractivity contribution in [2.24, 2.45) is 11.7 Å². The van der Waals surface area contributed by atoms with Gasteiger partial charge in [0.2, 0.25) is 82.7 Å². The number of unbranched alkanes of at least 4 members (excludes halogenated alkanes) is 6. The maximum atomic E-state index is 15.1. The number of nitrogens with two attached hydrogens (primary N) is 2. The van der Waals surface area contributed by atoms with Crippen LogP contribution in [0, 0.1) is 5.92 Å². The van der Waals surface area contributed by atoms with E-state index in [1.165, 1.54) is 29.8 Å². The standard InChI is InChI=1S/C90H123N19O25/c1-5-6-7-8-9-10-14-27-72(114)99-64(40-56-46-94-61-25-18-16-22-58(56)61)85(128)103-65(42-71(92)113)86(129)101-63(32-38-110)83(126)107-79-53(4)134-90(133)68(41-70(112)59-23-15-17-24-60(59)91)105-89(132)78(51(2)39-75(117)118)106-87(130)69(50-111)100-74(116)47-95-81(124)66(43-76(119)120)102-80(123)52(3)97-84(127)67(44-77(121)122)104-82(125)62(98-73(115)48-96-88(79)131)26-19-33-93-45-54-28-30-57(31-29-54)109-36-34-108(35-37-109)49-55-20-12-11-13-21-55/h11-13,15-18,20-25,28-31,46,51-53,62-69,78-79,93-94,110-111H,5-10,14,19,26-27,32-45,47-50,91H2,1-4H3,(H2,92,113)(H,95,124)(H,96,131)(H,97,127)(H,98,115)(H,99,114)(H,100,116)(H,101,129)(H,102,123)(H,103,128)(H,104,125)(H,105,132)(H,106,130)(H,107,126)(H,117,118)(H,119,120)(H,121,122)/t51-,52-,53-,62+,63+,64+,65+,66+,67+,68+,69-,78+,79+/m1/s1. The Hall–Kier alpha value is -14.0. The second-order valence-corrected chi connectivity index (χ2v) is 33.0. The number of esters is 1. The molecule has 728 valence electrons. The lowest BCUT2D eigenvalue weighted by Gasteiger charge is -2.36. The van der Waals surface area contributed by atoms with E-state index < -0.39 is 256 Å². The topological polar surface area (TPSA) is 677 Å². The van der Waals surface area contributed by atoms with Gasteiger partial charge in [0.1, 0.15) is 72.6 Å². The number of nitrogen functional groups attached to an aromatic ring is 1. The number of benzene rings is 4. The number of amides is 14. The van der Waals surface area contributed by atoms with E-state index in [1.807, 2.05) is 53.1 Å². The number of carboxylic acid groups (broad SMARTS) is 3. The Labute approximate surface area is 772 Å². The first kappa shape index (κ1) is 107. The smallest absolute Gasteiger partial charge is 0.329 e. The molecule has 5 aromatic rings. The van der Waals surface area contributed by atoms with Crippen LogP contribution in [0.1, 0.15) is 157 Å². The molecule has 0 bridgehead atoms. The SMILES string of the molecule is CCCCCCCCCC(=O)N[C@@H](Cc1c[nH]c2ccccc12)C(=O)N[C@@H](CC(N)=O)C(=O)N[C@@H](CCO)C(=O)N[C@@H]1C(=O)NCC(=O)N[C@@H](CCCNCc2ccc(N3CCN(Cc4ccccc4)CC3)cc2)C(=O)N[C@@H](CC(=O)O)C(=O)N[C@H](C)C(=O)N[C@@H](CC(=O)O)C(=O)NCC(=O)N[C@H](CO)C(=O)N[C@@H]([C@H](C)CC(=O)O)C(=O)N[C@@H](CC(=O)c2ccccc2N)C(=O)O[C@@H]1C. The third kappa shape index (κ3) is 35.6. The van der Waals surface area contributed by atoms with Crippen molar-refractivity contribution in [2.45, 2.75) is 223 Å². The van der Waals surface area contributed by atoms with Crippen LogP contribution < -0.4 is 90.8 Å².